The van der Waals surface area contributed by atoms with E-state index in [0.717, 1.165) is 36.1 Å². The van der Waals surface area contributed by atoms with Crippen molar-refractivity contribution in [3.8, 4) is 0 Å². The molecule has 2 aromatic carbocycles. The van der Waals surface area contributed by atoms with Crippen LogP contribution in [0.2, 0.25) is 0 Å². The van der Waals surface area contributed by atoms with Gasteiger partial charge in [0.05, 0.1) is 24.5 Å². The van der Waals surface area contributed by atoms with Crippen LogP contribution in [0.1, 0.15) is 18.9 Å². The van der Waals surface area contributed by atoms with Crippen LogP contribution >= 0.6 is 11.8 Å². The third-order valence-corrected chi connectivity index (χ3v) is 7.21. The fourth-order valence-corrected chi connectivity index (χ4v) is 5.30. The number of nitrogens with zero attached hydrogens (tertiary/aromatic N) is 5. The maximum absolute atomic E-state index is 13.4. The third kappa shape index (κ3) is 4.86. The van der Waals surface area contributed by atoms with E-state index in [2.05, 4.69) is 27.0 Å². The zero-order valence-corrected chi connectivity index (χ0v) is 20.8. The summed E-state index contributed by atoms with van der Waals surface area (Å²) in [6, 6.07) is 16.7. The molecule has 9 nitrogen and oxygen atoms in total. The Balaban J connectivity index is 1.28. The summed E-state index contributed by atoms with van der Waals surface area (Å²) < 4.78 is 5.02. The molecule has 36 heavy (non-hydrogen) atoms. The van der Waals surface area contributed by atoms with Crippen molar-refractivity contribution in [3.63, 3.8) is 0 Å². The Kier molecular flexibility index (Phi) is 7.04. The first-order valence-corrected chi connectivity index (χ1v) is 13.0. The number of benzene rings is 2. The van der Waals surface area contributed by atoms with E-state index in [1.807, 2.05) is 47.4 Å². The fourth-order valence-electron chi connectivity index (χ4n) is 4.51. The Bertz CT molecular complexity index is 1220. The number of anilines is 1. The van der Waals surface area contributed by atoms with Crippen LogP contribution in [0.15, 0.2) is 64.6 Å². The zero-order valence-electron chi connectivity index (χ0n) is 20.0. The number of thioether (sulfide) groups is 1. The largest absolute Gasteiger partial charge is 0.465 e. The number of rotatable bonds is 6. The minimum atomic E-state index is -0.820. The Labute approximate surface area is 213 Å². The highest BCUT2D eigenvalue weighted by Gasteiger charge is 2.42. The Morgan fingerprint density at radius 3 is 2.50 bits per heavy atom. The van der Waals surface area contributed by atoms with Crippen LogP contribution < -0.4 is 4.90 Å². The maximum Gasteiger partial charge on any atom is 0.316 e. The first-order chi connectivity index (χ1) is 17.5. The number of fused-ring (bicyclic) bond motifs is 3. The second-order valence-electron chi connectivity index (χ2n) is 8.55. The van der Waals surface area contributed by atoms with Gasteiger partial charge in [-0.1, -0.05) is 42.1 Å². The first kappa shape index (κ1) is 24.1. The highest BCUT2D eigenvalue weighted by atomic mass is 32.2. The number of carbonyl (C=O) groups excluding carboxylic acids is 3. The number of carbonyl (C=O) groups is 3. The van der Waals surface area contributed by atoms with Crippen LogP contribution in [0.4, 0.5) is 11.4 Å². The van der Waals surface area contributed by atoms with Crippen LogP contribution in [0.25, 0.3) is 0 Å². The van der Waals surface area contributed by atoms with E-state index in [4.69, 9.17) is 4.74 Å². The summed E-state index contributed by atoms with van der Waals surface area (Å²) >= 11 is 1.14. The zero-order chi connectivity index (χ0) is 25.1. The van der Waals surface area contributed by atoms with Crippen LogP contribution in [-0.2, 0) is 19.1 Å². The molecule has 1 fully saturated rings. The van der Waals surface area contributed by atoms with E-state index in [1.54, 1.807) is 6.92 Å². The molecular weight excluding hydrogens is 478 g/mol. The molecule has 0 aromatic heterocycles. The number of para-hydroxylation sites is 2. The van der Waals surface area contributed by atoms with E-state index in [9.17, 15) is 14.4 Å². The topological polar surface area (TPSA) is 94.9 Å². The average Bonchev–Trinajstić information content (AvgIpc) is 3.24. The predicted octanol–water partition coefficient (Wildman–Crippen LogP) is 2.68. The monoisotopic (exact) mass is 505 g/mol. The van der Waals surface area contributed by atoms with E-state index in [1.165, 1.54) is 4.90 Å². The van der Waals surface area contributed by atoms with Gasteiger partial charge in [0, 0.05) is 37.4 Å². The van der Waals surface area contributed by atoms with E-state index in [0.29, 0.717) is 29.8 Å². The summed E-state index contributed by atoms with van der Waals surface area (Å²) in [4.78, 5) is 53.2. The van der Waals surface area contributed by atoms with Gasteiger partial charge in [-0.05, 0) is 31.2 Å². The molecule has 1 atom stereocenters. The lowest BCUT2D eigenvalue weighted by molar-refractivity contribution is -0.139. The summed E-state index contributed by atoms with van der Waals surface area (Å²) in [6.45, 7) is 4.70. The van der Waals surface area contributed by atoms with Gasteiger partial charge in [0.1, 0.15) is 11.9 Å². The van der Waals surface area contributed by atoms with E-state index < -0.39 is 6.04 Å². The van der Waals surface area contributed by atoms with E-state index >= 15 is 0 Å². The highest BCUT2D eigenvalue weighted by molar-refractivity contribution is 8.14. The first-order valence-electron chi connectivity index (χ1n) is 12.0. The van der Waals surface area contributed by atoms with Crippen LogP contribution in [-0.4, -0.2) is 83.2 Å². The molecule has 1 saturated heterocycles. The Morgan fingerprint density at radius 2 is 1.75 bits per heavy atom. The summed E-state index contributed by atoms with van der Waals surface area (Å²) in [5.41, 5.74) is 2.55. The van der Waals surface area contributed by atoms with Crippen molar-refractivity contribution in [2.75, 3.05) is 43.4 Å². The SMILES string of the molecule is CCOC(=O)CSC1=Nc2ccccc2C2=N[C@@H](CC(=O)N3CCN(c4ccccc4)CC3)C(=O)N12. The lowest BCUT2D eigenvalue weighted by atomic mass is 10.1. The van der Waals surface area contributed by atoms with Crippen molar-refractivity contribution < 1.29 is 19.1 Å². The molecule has 5 rings (SSSR count). The van der Waals surface area contributed by atoms with Crippen molar-refractivity contribution in [1.82, 2.24) is 9.80 Å². The highest BCUT2D eigenvalue weighted by Crippen LogP contribution is 2.34. The summed E-state index contributed by atoms with van der Waals surface area (Å²) in [5, 5.41) is 0.372. The maximum atomic E-state index is 13.4. The molecule has 3 aliphatic heterocycles. The number of amidine groups is 2. The van der Waals surface area contributed by atoms with Gasteiger partial charge in [-0.15, -0.1) is 0 Å². The predicted molar refractivity (Wildman–Crippen MR) is 140 cm³/mol. The summed E-state index contributed by atoms with van der Waals surface area (Å²) in [7, 11) is 0. The molecule has 186 valence electrons. The summed E-state index contributed by atoms with van der Waals surface area (Å²) in [6.07, 6.45) is 0.00214. The van der Waals surface area contributed by atoms with Gasteiger partial charge >= 0.3 is 5.97 Å². The van der Waals surface area contributed by atoms with Crippen molar-refractivity contribution in [2.24, 2.45) is 9.98 Å². The van der Waals surface area contributed by atoms with Gasteiger partial charge in [0.2, 0.25) is 5.91 Å². The van der Waals surface area contributed by atoms with Gasteiger partial charge in [0.15, 0.2) is 5.17 Å². The van der Waals surface area contributed by atoms with Gasteiger partial charge in [-0.2, -0.15) is 0 Å². The molecular formula is C26H27N5O4S. The molecule has 0 unspecified atom stereocenters. The molecule has 2 aromatic rings. The lowest BCUT2D eigenvalue weighted by Crippen LogP contribution is -2.49. The normalized spacial score (nSPS) is 18.9. The molecule has 0 radical (unpaired) electrons. The molecule has 0 spiro atoms. The van der Waals surface area contributed by atoms with Gasteiger partial charge in [0.25, 0.3) is 5.91 Å². The Morgan fingerprint density at radius 1 is 1.03 bits per heavy atom. The number of piperazine rings is 1. The minimum Gasteiger partial charge on any atom is -0.465 e. The quantitative estimate of drug-likeness (QED) is 0.561. The smallest absolute Gasteiger partial charge is 0.316 e. The molecule has 0 N–H and O–H groups in total. The van der Waals surface area contributed by atoms with Gasteiger partial charge in [-0.25, -0.2) is 9.89 Å². The minimum absolute atomic E-state index is 0.00214. The number of hydrogen-bond donors (Lipinski definition) is 0. The number of esters is 1. The van der Waals surface area contributed by atoms with Crippen molar-refractivity contribution in [1.29, 1.82) is 0 Å². The average molecular weight is 506 g/mol. The lowest BCUT2D eigenvalue weighted by Gasteiger charge is -2.36. The fraction of sp³-hybridized carbons (Fsp3) is 0.346. The molecule has 10 heteroatoms. The van der Waals surface area contributed by atoms with Crippen molar-refractivity contribution in [3.05, 3.63) is 60.2 Å². The standard InChI is InChI=1S/C26H27N5O4S/c1-2-35-23(33)17-36-26-28-20-11-7-6-10-19(20)24-27-21(25(34)31(24)26)16-22(32)30-14-12-29(13-15-30)18-8-4-3-5-9-18/h3-11,21H,2,12-17H2,1H3/t21-/m0/s1. The summed E-state index contributed by atoms with van der Waals surface area (Å²) in [5.74, 6) is -0.261. The van der Waals surface area contributed by atoms with Crippen LogP contribution in [0.5, 0.6) is 0 Å². The van der Waals surface area contributed by atoms with Gasteiger partial charge in [-0.3, -0.25) is 19.4 Å². The van der Waals surface area contributed by atoms with Gasteiger partial charge < -0.3 is 14.5 Å². The number of hydrogen-bond acceptors (Lipinski definition) is 8. The van der Waals surface area contributed by atoms with Crippen LogP contribution in [0, 0.1) is 0 Å². The molecule has 0 aliphatic carbocycles. The molecule has 0 bridgehead atoms. The van der Waals surface area contributed by atoms with E-state index in [-0.39, 0.29) is 36.6 Å². The third-order valence-electron chi connectivity index (χ3n) is 6.29. The second kappa shape index (κ2) is 10.5. The number of ether oxygens (including phenoxy) is 1. The van der Waals surface area contributed by atoms with Crippen LogP contribution in [0.3, 0.4) is 0 Å². The Hall–Kier alpha value is -3.66. The number of amides is 2. The molecule has 3 aliphatic rings. The molecule has 2 amide bonds. The molecule has 0 saturated carbocycles. The molecule has 3 heterocycles. The van der Waals surface area contributed by atoms with Crippen molar-refractivity contribution in [2.45, 2.75) is 19.4 Å². The number of aliphatic imine (C=N–C) groups is 2. The second-order valence-corrected chi connectivity index (χ2v) is 9.50. The van der Waals surface area contributed by atoms with Crippen molar-refractivity contribution >= 4 is 51.9 Å².